The lowest BCUT2D eigenvalue weighted by Gasteiger charge is -2.22. The second-order valence-electron chi connectivity index (χ2n) is 5.52. The maximum atomic E-state index is 5.90. The number of halogens is 1. The second-order valence-corrected chi connectivity index (χ2v) is 5.96. The van der Waals surface area contributed by atoms with Crippen LogP contribution in [0.1, 0.15) is 57.1 Å². The Morgan fingerprint density at radius 1 is 1.17 bits per heavy atom. The van der Waals surface area contributed by atoms with E-state index in [9.17, 15) is 0 Å². The molecule has 2 rings (SSSR count). The summed E-state index contributed by atoms with van der Waals surface area (Å²) in [6, 6.07) is 8.58. The van der Waals surface area contributed by atoms with Crippen molar-refractivity contribution < 1.29 is 0 Å². The molecule has 1 aliphatic carbocycles. The van der Waals surface area contributed by atoms with E-state index in [0.29, 0.717) is 6.04 Å². The number of hydrogen-bond donors (Lipinski definition) is 1. The summed E-state index contributed by atoms with van der Waals surface area (Å²) < 4.78 is 0. The highest BCUT2D eigenvalue weighted by Gasteiger charge is 2.13. The van der Waals surface area contributed by atoms with Crippen molar-refractivity contribution in [2.75, 3.05) is 6.54 Å². The van der Waals surface area contributed by atoms with Crippen molar-refractivity contribution in [1.29, 1.82) is 0 Å². The maximum absolute atomic E-state index is 5.90. The number of nitrogens with one attached hydrogen (secondary N) is 1. The van der Waals surface area contributed by atoms with Gasteiger partial charge in [-0.25, -0.2) is 0 Å². The Morgan fingerprint density at radius 2 is 1.83 bits per heavy atom. The Balaban J connectivity index is 1.70. The third-order valence-corrected chi connectivity index (χ3v) is 4.35. The Kier molecular flexibility index (Phi) is 5.52. The van der Waals surface area contributed by atoms with Gasteiger partial charge in [-0.3, -0.25) is 0 Å². The number of hydrogen-bond acceptors (Lipinski definition) is 1. The van der Waals surface area contributed by atoms with Crippen molar-refractivity contribution in [1.82, 2.24) is 5.32 Å². The van der Waals surface area contributed by atoms with E-state index in [1.54, 1.807) is 0 Å². The Hall–Kier alpha value is -0.530. The smallest absolute Gasteiger partial charge is 0.0406 e. The average molecular weight is 266 g/mol. The monoisotopic (exact) mass is 265 g/mol. The molecular formula is C16H24ClN. The fourth-order valence-electron chi connectivity index (χ4n) is 2.85. The summed E-state index contributed by atoms with van der Waals surface area (Å²) in [4.78, 5) is 0. The van der Waals surface area contributed by atoms with Gasteiger partial charge in [0.15, 0.2) is 0 Å². The largest absolute Gasteiger partial charge is 0.310 e. The van der Waals surface area contributed by atoms with Crippen LogP contribution in [0.15, 0.2) is 24.3 Å². The highest BCUT2D eigenvalue weighted by atomic mass is 35.5. The molecule has 100 valence electrons. The predicted molar refractivity (Wildman–Crippen MR) is 79.1 cm³/mol. The first-order chi connectivity index (χ1) is 8.75. The normalized spacial score (nSPS) is 18.8. The SMILES string of the molecule is CC(NCCC1CCCCC1)c1ccc(Cl)cc1. The van der Waals surface area contributed by atoms with Crippen LogP contribution in [0.2, 0.25) is 5.02 Å². The number of rotatable bonds is 5. The molecule has 1 saturated carbocycles. The van der Waals surface area contributed by atoms with Gasteiger partial charge in [0.1, 0.15) is 0 Å². The average Bonchev–Trinajstić information content (AvgIpc) is 2.40. The second kappa shape index (κ2) is 7.16. The lowest BCUT2D eigenvalue weighted by atomic mass is 9.87. The van der Waals surface area contributed by atoms with Gasteiger partial charge in [-0.2, -0.15) is 0 Å². The summed E-state index contributed by atoms with van der Waals surface area (Å²) >= 11 is 5.90. The van der Waals surface area contributed by atoms with E-state index in [-0.39, 0.29) is 0 Å². The quantitative estimate of drug-likeness (QED) is 0.793. The standard InChI is InChI=1S/C16H24ClN/c1-13(15-7-9-16(17)10-8-15)18-12-11-14-5-3-2-4-6-14/h7-10,13-14,18H,2-6,11-12H2,1H3. The lowest BCUT2D eigenvalue weighted by molar-refractivity contribution is 0.329. The van der Waals surface area contributed by atoms with E-state index in [1.807, 2.05) is 12.1 Å². The molecule has 0 heterocycles. The van der Waals surface area contributed by atoms with Gasteiger partial charge in [0.25, 0.3) is 0 Å². The van der Waals surface area contributed by atoms with Crippen LogP contribution in [0.25, 0.3) is 0 Å². The van der Waals surface area contributed by atoms with Gasteiger partial charge in [0, 0.05) is 11.1 Å². The van der Waals surface area contributed by atoms with Crippen molar-refractivity contribution in [2.45, 2.75) is 51.5 Å². The molecule has 0 saturated heterocycles. The Bertz CT molecular complexity index is 341. The molecule has 1 aliphatic rings. The van der Waals surface area contributed by atoms with Crippen molar-refractivity contribution in [3.05, 3.63) is 34.9 Å². The Morgan fingerprint density at radius 3 is 2.50 bits per heavy atom. The van der Waals surface area contributed by atoms with Crippen LogP contribution < -0.4 is 5.32 Å². The molecule has 1 aromatic rings. The first kappa shape index (κ1) is 13.9. The predicted octanol–water partition coefficient (Wildman–Crippen LogP) is 4.96. The zero-order chi connectivity index (χ0) is 12.8. The minimum Gasteiger partial charge on any atom is -0.310 e. The topological polar surface area (TPSA) is 12.0 Å². The summed E-state index contributed by atoms with van der Waals surface area (Å²) in [7, 11) is 0. The summed E-state index contributed by atoms with van der Waals surface area (Å²) in [6.07, 6.45) is 8.55. The van der Waals surface area contributed by atoms with Crippen LogP contribution in [0.5, 0.6) is 0 Å². The minimum atomic E-state index is 0.422. The molecule has 0 spiro atoms. The van der Waals surface area contributed by atoms with Crippen LogP contribution in [-0.2, 0) is 0 Å². The zero-order valence-electron chi connectivity index (χ0n) is 11.3. The van der Waals surface area contributed by atoms with Crippen LogP contribution >= 0.6 is 11.6 Å². The van der Waals surface area contributed by atoms with E-state index in [2.05, 4.69) is 24.4 Å². The van der Waals surface area contributed by atoms with Gasteiger partial charge >= 0.3 is 0 Å². The molecule has 1 N–H and O–H groups in total. The summed E-state index contributed by atoms with van der Waals surface area (Å²) in [5, 5.41) is 4.44. The highest BCUT2D eigenvalue weighted by molar-refractivity contribution is 6.30. The van der Waals surface area contributed by atoms with E-state index in [1.165, 1.54) is 44.1 Å². The molecule has 1 nitrogen and oxygen atoms in total. The first-order valence-corrected chi connectivity index (χ1v) is 7.62. The van der Waals surface area contributed by atoms with E-state index < -0.39 is 0 Å². The van der Waals surface area contributed by atoms with E-state index in [0.717, 1.165) is 17.5 Å². The van der Waals surface area contributed by atoms with Crippen LogP contribution in [-0.4, -0.2) is 6.54 Å². The Labute approximate surface area is 116 Å². The number of benzene rings is 1. The highest BCUT2D eigenvalue weighted by Crippen LogP contribution is 2.26. The fraction of sp³-hybridized carbons (Fsp3) is 0.625. The van der Waals surface area contributed by atoms with Crippen LogP contribution in [0.3, 0.4) is 0 Å². The van der Waals surface area contributed by atoms with Crippen molar-refractivity contribution in [2.24, 2.45) is 5.92 Å². The molecule has 0 bridgehead atoms. The van der Waals surface area contributed by atoms with Gasteiger partial charge in [0.05, 0.1) is 0 Å². The summed E-state index contributed by atoms with van der Waals surface area (Å²) in [5.41, 5.74) is 1.32. The minimum absolute atomic E-state index is 0.422. The molecule has 0 aliphatic heterocycles. The van der Waals surface area contributed by atoms with Gasteiger partial charge in [-0.15, -0.1) is 0 Å². The van der Waals surface area contributed by atoms with Gasteiger partial charge in [0.2, 0.25) is 0 Å². The van der Waals surface area contributed by atoms with Crippen LogP contribution in [0.4, 0.5) is 0 Å². The lowest BCUT2D eigenvalue weighted by Crippen LogP contribution is -2.22. The van der Waals surface area contributed by atoms with Crippen molar-refractivity contribution >= 4 is 11.6 Å². The third-order valence-electron chi connectivity index (χ3n) is 4.10. The van der Waals surface area contributed by atoms with Gasteiger partial charge in [-0.1, -0.05) is 55.8 Å². The molecule has 0 radical (unpaired) electrons. The molecule has 1 fully saturated rings. The van der Waals surface area contributed by atoms with Crippen molar-refractivity contribution in [3.63, 3.8) is 0 Å². The fourth-order valence-corrected chi connectivity index (χ4v) is 2.98. The molecule has 0 aromatic heterocycles. The van der Waals surface area contributed by atoms with E-state index in [4.69, 9.17) is 11.6 Å². The maximum Gasteiger partial charge on any atom is 0.0406 e. The first-order valence-electron chi connectivity index (χ1n) is 7.24. The molecular weight excluding hydrogens is 242 g/mol. The van der Waals surface area contributed by atoms with Gasteiger partial charge in [-0.05, 0) is 43.5 Å². The van der Waals surface area contributed by atoms with Crippen molar-refractivity contribution in [3.8, 4) is 0 Å². The molecule has 18 heavy (non-hydrogen) atoms. The van der Waals surface area contributed by atoms with E-state index >= 15 is 0 Å². The molecule has 1 unspecified atom stereocenters. The van der Waals surface area contributed by atoms with Crippen LogP contribution in [0, 0.1) is 5.92 Å². The van der Waals surface area contributed by atoms with Gasteiger partial charge < -0.3 is 5.32 Å². The molecule has 0 amide bonds. The zero-order valence-corrected chi connectivity index (χ0v) is 12.0. The summed E-state index contributed by atoms with van der Waals surface area (Å²) in [6.45, 7) is 3.36. The molecule has 1 atom stereocenters. The molecule has 1 aromatic carbocycles. The summed E-state index contributed by atoms with van der Waals surface area (Å²) in [5.74, 6) is 0.962. The third kappa shape index (κ3) is 4.29. The molecule has 2 heteroatoms.